The van der Waals surface area contributed by atoms with E-state index in [9.17, 15) is 0 Å². The summed E-state index contributed by atoms with van der Waals surface area (Å²) in [6, 6.07) is 23.0. The van der Waals surface area contributed by atoms with E-state index < -0.39 is 0 Å². The summed E-state index contributed by atoms with van der Waals surface area (Å²) in [5.74, 6) is 1.75. The van der Waals surface area contributed by atoms with Gasteiger partial charge >= 0.3 is 0 Å². The second kappa shape index (κ2) is 11.2. The summed E-state index contributed by atoms with van der Waals surface area (Å²) in [5, 5.41) is 0. The van der Waals surface area contributed by atoms with Crippen molar-refractivity contribution in [3.8, 4) is 11.5 Å². The van der Waals surface area contributed by atoms with Crippen LogP contribution in [0, 0.1) is 6.92 Å². The summed E-state index contributed by atoms with van der Waals surface area (Å²) in [7, 11) is 0. The third kappa shape index (κ3) is 6.12. The number of hydrogen-bond acceptors (Lipinski definition) is 4. The van der Waals surface area contributed by atoms with Gasteiger partial charge in [0, 0.05) is 25.6 Å². The first-order valence-corrected chi connectivity index (χ1v) is 11.6. The van der Waals surface area contributed by atoms with Gasteiger partial charge in [0.25, 0.3) is 0 Å². The fourth-order valence-corrected chi connectivity index (χ4v) is 4.25. The largest absolute Gasteiger partial charge is 0.492 e. The highest BCUT2D eigenvalue weighted by molar-refractivity contribution is 5.44. The average molecular weight is 431 g/mol. The molecular weight excluding hydrogens is 396 g/mol. The molecule has 3 aromatic carbocycles. The lowest BCUT2D eigenvalue weighted by atomic mass is 9.99. The maximum atomic E-state index is 6.30. The van der Waals surface area contributed by atoms with Gasteiger partial charge in [0.1, 0.15) is 24.7 Å². The second-order valence-corrected chi connectivity index (χ2v) is 8.58. The Hall–Kier alpha value is -2.82. The standard InChI is InChI=1S/C28H34N2O2/c1-22-17-24(9-10-26(22)20-29)18-25-11-12-27(32-21-23-7-3-2-4-8-23)19-28(25)31-16-15-30-13-5-6-14-30/h2-4,7-12,17,19H,5-6,13-16,18,20-21,29H2,1H3. The van der Waals surface area contributed by atoms with Crippen LogP contribution in [0.15, 0.2) is 66.7 Å². The molecule has 0 saturated carbocycles. The molecule has 3 aromatic rings. The van der Waals surface area contributed by atoms with E-state index in [-0.39, 0.29) is 0 Å². The Labute approximate surface area is 192 Å². The molecule has 4 heteroatoms. The Balaban J connectivity index is 1.48. The van der Waals surface area contributed by atoms with Gasteiger partial charge in [0.05, 0.1) is 0 Å². The van der Waals surface area contributed by atoms with Crippen molar-refractivity contribution in [3.63, 3.8) is 0 Å². The molecule has 1 heterocycles. The Kier molecular flexibility index (Phi) is 7.81. The van der Waals surface area contributed by atoms with Crippen LogP contribution in [0.3, 0.4) is 0 Å². The molecule has 0 bridgehead atoms. The summed E-state index contributed by atoms with van der Waals surface area (Å²) >= 11 is 0. The summed E-state index contributed by atoms with van der Waals surface area (Å²) in [4.78, 5) is 2.48. The molecular formula is C28H34N2O2. The highest BCUT2D eigenvalue weighted by Gasteiger charge is 2.13. The fourth-order valence-electron chi connectivity index (χ4n) is 4.25. The van der Waals surface area contributed by atoms with Crippen molar-refractivity contribution in [2.75, 3.05) is 26.2 Å². The highest BCUT2D eigenvalue weighted by atomic mass is 16.5. The van der Waals surface area contributed by atoms with E-state index in [1.165, 1.54) is 48.2 Å². The van der Waals surface area contributed by atoms with Crippen LogP contribution in [0.25, 0.3) is 0 Å². The van der Waals surface area contributed by atoms with Crippen molar-refractivity contribution in [3.05, 3.63) is 94.5 Å². The van der Waals surface area contributed by atoms with Crippen LogP contribution >= 0.6 is 0 Å². The molecule has 0 amide bonds. The van der Waals surface area contributed by atoms with Crippen molar-refractivity contribution in [2.24, 2.45) is 5.73 Å². The summed E-state index contributed by atoms with van der Waals surface area (Å²) in [6.45, 7) is 7.28. The minimum absolute atomic E-state index is 0.549. The molecule has 0 aliphatic carbocycles. The van der Waals surface area contributed by atoms with Crippen molar-refractivity contribution in [1.29, 1.82) is 0 Å². The van der Waals surface area contributed by atoms with E-state index >= 15 is 0 Å². The van der Waals surface area contributed by atoms with Gasteiger partial charge in [0.15, 0.2) is 0 Å². The predicted octanol–water partition coefficient (Wildman–Crippen LogP) is 5.10. The first kappa shape index (κ1) is 22.4. The number of rotatable bonds is 10. The monoisotopic (exact) mass is 430 g/mol. The summed E-state index contributed by atoms with van der Waals surface area (Å²) in [6.07, 6.45) is 3.42. The van der Waals surface area contributed by atoms with Crippen LogP contribution in [0.4, 0.5) is 0 Å². The van der Waals surface area contributed by atoms with Crippen LogP contribution in [-0.2, 0) is 19.6 Å². The quantitative estimate of drug-likeness (QED) is 0.486. The lowest BCUT2D eigenvalue weighted by molar-refractivity contribution is 0.235. The van der Waals surface area contributed by atoms with E-state index in [2.05, 4.69) is 48.2 Å². The van der Waals surface area contributed by atoms with Crippen molar-refractivity contribution in [2.45, 2.75) is 39.3 Å². The zero-order chi connectivity index (χ0) is 22.2. The van der Waals surface area contributed by atoms with Crippen molar-refractivity contribution >= 4 is 0 Å². The average Bonchev–Trinajstić information content (AvgIpc) is 3.33. The molecule has 1 fully saturated rings. The Morgan fingerprint density at radius 3 is 2.38 bits per heavy atom. The van der Waals surface area contributed by atoms with Gasteiger partial charge in [-0.1, -0.05) is 54.6 Å². The van der Waals surface area contributed by atoms with E-state index in [4.69, 9.17) is 15.2 Å². The number of nitrogens with zero attached hydrogens (tertiary/aromatic N) is 1. The number of hydrogen-bond donors (Lipinski definition) is 1. The highest BCUT2D eigenvalue weighted by Crippen LogP contribution is 2.28. The first-order valence-electron chi connectivity index (χ1n) is 11.6. The summed E-state index contributed by atoms with van der Waals surface area (Å²) in [5.41, 5.74) is 11.9. The zero-order valence-electron chi connectivity index (χ0n) is 19.1. The topological polar surface area (TPSA) is 47.7 Å². The predicted molar refractivity (Wildman–Crippen MR) is 130 cm³/mol. The van der Waals surface area contributed by atoms with Crippen molar-refractivity contribution in [1.82, 2.24) is 4.90 Å². The molecule has 0 atom stereocenters. The number of ether oxygens (including phenoxy) is 2. The van der Waals surface area contributed by atoms with Crippen LogP contribution in [0.5, 0.6) is 11.5 Å². The third-order valence-corrected chi connectivity index (χ3v) is 6.17. The smallest absolute Gasteiger partial charge is 0.126 e. The van der Waals surface area contributed by atoms with Gasteiger partial charge in [0.2, 0.25) is 0 Å². The minimum atomic E-state index is 0.549. The van der Waals surface area contributed by atoms with Gasteiger partial charge in [-0.3, -0.25) is 4.90 Å². The maximum absolute atomic E-state index is 6.30. The number of nitrogens with two attached hydrogens (primary N) is 1. The second-order valence-electron chi connectivity index (χ2n) is 8.58. The van der Waals surface area contributed by atoms with Gasteiger partial charge < -0.3 is 15.2 Å². The Bertz CT molecular complexity index is 998. The molecule has 0 spiro atoms. The van der Waals surface area contributed by atoms with Crippen LogP contribution in [-0.4, -0.2) is 31.1 Å². The SMILES string of the molecule is Cc1cc(Cc2ccc(OCc3ccccc3)cc2OCCN2CCCC2)ccc1CN. The molecule has 4 nitrogen and oxygen atoms in total. The van der Waals surface area contributed by atoms with Crippen molar-refractivity contribution < 1.29 is 9.47 Å². The number of benzene rings is 3. The lowest BCUT2D eigenvalue weighted by Crippen LogP contribution is -2.25. The fraction of sp³-hybridized carbons (Fsp3) is 0.357. The minimum Gasteiger partial charge on any atom is -0.492 e. The molecule has 2 N–H and O–H groups in total. The number of likely N-dealkylation sites (tertiary alicyclic amines) is 1. The molecule has 168 valence electrons. The van der Waals surface area contributed by atoms with Gasteiger partial charge in [-0.25, -0.2) is 0 Å². The molecule has 0 unspecified atom stereocenters. The number of aryl methyl sites for hydroxylation is 1. The maximum Gasteiger partial charge on any atom is 0.126 e. The van der Waals surface area contributed by atoms with E-state index in [0.717, 1.165) is 30.0 Å². The van der Waals surface area contributed by atoms with Gasteiger partial charge in [-0.15, -0.1) is 0 Å². The Morgan fingerprint density at radius 2 is 1.62 bits per heavy atom. The molecule has 1 aliphatic heterocycles. The molecule has 0 radical (unpaired) electrons. The Morgan fingerprint density at radius 1 is 0.844 bits per heavy atom. The molecule has 1 aliphatic rings. The van der Waals surface area contributed by atoms with E-state index in [0.29, 0.717) is 19.8 Å². The summed E-state index contributed by atoms with van der Waals surface area (Å²) < 4.78 is 12.4. The zero-order valence-corrected chi connectivity index (χ0v) is 19.1. The normalized spacial score (nSPS) is 13.9. The van der Waals surface area contributed by atoms with Gasteiger partial charge in [-0.05, 0) is 66.7 Å². The molecule has 1 saturated heterocycles. The van der Waals surface area contributed by atoms with Crippen LogP contribution in [0.2, 0.25) is 0 Å². The van der Waals surface area contributed by atoms with E-state index in [1.807, 2.05) is 30.3 Å². The van der Waals surface area contributed by atoms with Gasteiger partial charge in [-0.2, -0.15) is 0 Å². The van der Waals surface area contributed by atoms with Crippen LogP contribution in [0.1, 0.15) is 40.7 Å². The molecule has 4 rings (SSSR count). The lowest BCUT2D eigenvalue weighted by Gasteiger charge is -2.18. The van der Waals surface area contributed by atoms with E-state index in [1.54, 1.807) is 0 Å². The third-order valence-electron chi connectivity index (χ3n) is 6.17. The molecule has 0 aromatic heterocycles. The van der Waals surface area contributed by atoms with Crippen LogP contribution < -0.4 is 15.2 Å². The first-order chi connectivity index (χ1) is 15.7. The molecule has 32 heavy (non-hydrogen) atoms.